The first kappa shape index (κ1) is 21.0. The maximum Gasteiger partial charge on any atom is 0.514 e. The van der Waals surface area contributed by atoms with Crippen molar-refractivity contribution in [2.45, 2.75) is 26.7 Å². The van der Waals surface area contributed by atoms with Crippen LogP contribution in [0.2, 0.25) is 0 Å². The lowest BCUT2D eigenvalue weighted by molar-refractivity contribution is 0.107. The Hall–Kier alpha value is -3.28. The lowest BCUT2D eigenvalue weighted by Gasteiger charge is -2.20. The van der Waals surface area contributed by atoms with Gasteiger partial charge in [0, 0.05) is 21.9 Å². The molecule has 0 saturated heterocycles. The van der Waals surface area contributed by atoms with Crippen molar-refractivity contribution in [3.05, 3.63) is 60.7 Å². The molecule has 2 aromatic rings. The Labute approximate surface area is 164 Å². The molecule has 0 aliphatic carbocycles. The van der Waals surface area contributed by atoms with Crippen molar-refractivity contribution < 1.29 is 28.5 Å². The number of carbonyl (C=O) groups is 2. The minimum Gasteiger partial charge on any atom is -0.430 e. The second kappa shape index (κ2) is 10.2. The largest absolute Gasteiger partial charge is 0.514 e. The molecule has 0 amide bonds. The predicted molar refractivity (Wildman–Crippen MR) is 107 cm³/mol. The van der Waals surface area contributed by atoms with Gasteiger partial charge in [0.15, 0.2) is 0 Å². The minimum absolute atomic E-state index is 0.0508. The summed E-state index contributed by atoms with van der Waals surface area (Å²) < 4.78 is 21.0. The zero-order valence-corrected chi connectivity index (χ0v) is 16.2. The summed E-state index contributed by atoms with van der Waals surface area (Å²) in [4.78, 5) is 24.1. The third-order valence-corrected chi connectivity index (χ3v) is 4.04. The van der Waals surface area contributed by atoms with Crippen LogP contribution >= 0.6 is 0 Å². The van der Waals surface area contributed by atoms with Crippen molar-refractivity contribution in [3.8, 4) is 11.5 Å². The van der Waals surface area contributed by atoms with Gasteiger partial charge in [0.1, 0.15) is 24.7 Å². The van der Waals surface area contributed by atoms with Crippen molar-refractivity contribution in [2.24, 2.45) is 0 Å². The molecule has 0 N–H and O–H groups in total. The van der Waals surface area contributed by atoms with Crippen molar-refractivity contribution in [1.82, 2.24) is 0 Å². The molecule has 2 rings (SSSR count). The van der Waals surface area contributed by atoms with Crippen LogP contribution in [0.3, 0.4) is 0 Å². The SMILES string of the molecule is C=CCOC(=O)Oc1c(CC)c(CC)c(OC(=O)OCC=C)c2ccccc12. The van der Waals surface area contributed by atoms with E-state index in [1.807, 2.05) is 26.0 Å². The zero-order valence-electron chi connectivity index (χ0n) is 16.2. The molecule has 0 unspecified atom stereocenters. The molecule has 0 saturated carbocycles. The number of hydrogen-bond donors (Lipinski definition) is 0. The van der Waals surface area contributed by atoms with Gasteiger partial charge in [-0.15, -0.1) is 0 Å². The first-order chi connectivity index (χ1) is 13.6. The van der Waals surface area contributed by atoms with E-state index in [0.29, 0.717) is 35.1 Å². The van der Waals surface area contributed by atoms with E-state index in [4.69, 9.17) is 18.9 Å². The molecule has 0 bridgehead atoms. The summed E-state index contributed by atoms with van der Waals surface area (Å²) in [6.07, 6.45) is 2.42. The van der Waals surface area contributed by atoms with Crippen LogP contribution in [-0.2, 0) is 22.3 Å². The molecule has 0 spiro atoms. The van der Waals surface area contributed by atoms with Gasteiger partial charge in [-0.05, 0) is 12.8 Å². The van der Waals surface area contributed by atoms with Crippen molar-refractivity contribution >= 4 is 23.1 Å². The smallest absolute Gasteiger partial charge is 0.430 e. The summed E-state index contributed by atoms with van der Waals surface area (Å²) in [5.74, 6) is 0.798. The quantitative estimate of drug-likeness (QED) is 0.346. The molecule has 0 aliphatic heterocycles. The average molecular weight is 384 g/mol. The van der Waals surface area contributed by atoms with Crippen molar-refractivity contribution in [2.75, 3.05) is 13.2 Å². The first-order valence-corrected chi connectivity index (χ1v) is 9.04. The van der Waals surface area contributed by atoms with Gasteiger partial charge < -0.3 is 18.9 Å². The number of fused-ring (bicyclic) bond motifs is 1. The molecule has 6 nitrogen and oxygen atoms in total. The Balaban J connectivity index is 2.60. The van der Waals surface area contributed by atoms with Crippen LogP contribution in [0.15, 0.2) is 49.6 Å². The highest BCUT2D eigenvalue weighted by atomic mass is 16.7. The van der Waals surface area contributed by atoms with E-state index < -0.39 is 12.3 Å². The van der Waals surface area contributed by atoms with E-state index in [1.165, 1.54) is 12.2 Å². The number of hydrogen-bond acceptors (Lipinski definition) is 6. The summed E-state index contributed by atoms with van der Waals surface area (Å²) >= 11 is 0. The normalized spacial score (nSPS) is 10.2. The Bertz CT molecular complexity index is 812. The molecule has 0 aliphatic rings. The second-order valence-corrected chi connectivity index (χ2v) is 5.77. The van der Waals surface area contributed by atoms with Crippen molar-refractivity contribution in [3.63, 3.8) is 0 Å². The van der Waals surface area contributed by atoms with E-state index in [1.54, 1.807) is 12.1 Å². The van der Waals surface area contributed by atoms with E-state index in [-0.39, 0.29) is 13.2 Å². The number of benzene rings is 2. The lowest BCUT2D eigenvalue weighted by Crippen LogP contribution is -2.15. The second-order valence-electron chi connectivity index (χ2n) is 5.77. The highest BCUT2D eigenvalue weighted by Crippen LogP contribution is 2.42. The zero-order chi connectivity index (χ0) is 20.5. The van der Waals surface area contributed by atoms with Crippen LogP contribution in [0.4, 0.5) is 9.59 Å². The van der Waals surface area contributed by atoms with Gasteiger partial charge in [0.2, 0.25) is 0 Å². The van der Waals surface area contributed by atoms with Gasteiger partial charge in [-0.1, -0.05) is 63.4 Å². The van der Waals surface area contributed by atoms with Gasteiger partial charge in [-0.25, -0.2) is 9.59 Å². The average Bonchev–Trinajstić information content (AvgIpc) is 2.71. The van der Waals surface area contributed by atoms with Crippen LogP contribution in [0.5, 0.6) is 11.5 Å². The third-order valence-electron chi connectivity index (χ3n) is 4.04. The van der Waals surface area contributed by atoms with E-state index in [0.717, 1.165) is 11.1 Å². The minimum atomic E-state index is -0.819. The Kier molecular flexibility index (Phi) is 7.63. The number of ether oxygens (including phenoxy) is 4. The summed E-state index contributed by atoms with van der Waals surface area (Å²) in [5, 5.41) is 1.28. The highest BCUT2D eigenvalue weighted by Gasteiger charge is 2.23. The molecule has 0 heterocycles. The summed E-state index contributed by atoms with van der Waals surface area (Å²) in [6, 6.07) is 7.22. The van der Waals surface area contributed by atoms with Crippen LogP contribution in [0.1, 0.15) is 25.0 Å². The van der Waals surface area contributed by atoms with Gasteiger partial charge in [-0.3, -0.25) is 0 Å². The molecule has 6 heteroatoms. The molecule has 0 fully saturated rings. The fourth-order valence-electron chi connectivity index (χ4n) is 2.94. The topological polar surface area (TPSA) is 71.1 Å². The van der Waals surface area contributed by atoms with Gasteiger partial charge in [-0.2, -0.15) is 0 Å². The molecule has 0 atom stereocenters. The van der Waals surface area contributed by atoms with Crippen LogP contribution in [0.25, 0.3) is 10.8 Å². The van der Waals surface area contributed by atoms with Crippen LogP contribution < -0.4 is 9.47 Å². The lowest BCUT2D eigenvalue weighted by atomic mass is 9.94. The van der Waals surface area contributed by atoms with E-state index >= 15 is 0 Å². The standard InChI is InChI=1S/C22H24O6/c1-5-13-25-21(23)27-19-15(7-3)16(8-4)20(28-22(24)26-14-6-2)18-12-10-9-11-17(18)19/h5-6,9-12H,1-2,7-8,13-14H2,3-4H3. The Morgan fingerprint density at radius 3 is 1.54 bits per heavy atom. The van der Waals surface area contributed by atoms with E-state index in [9.17, 15) is 9.59 Å². The van der Waals surface area contributed by atoms with Gasteiger partial charge in [0.05, 0.1) is 0 Å². The monoisotopic (exact) mass is 384 g/mol. The molecular weight excluding hydrogens is 360 g/mol. The molecule has 28 heavy (non-hydrogen) atoms. The Morgan fingerprint density at radius 2 is 1.21 bits per heavy atom. The van der Waals surface area contributed by atoms with Crippen molar-refractivity contribution in [1.29, 1.82) is 0 Å². The van der Waals surface area contributed by atoms with Crippen LogP contribution in [-0.4, -0.2) is 25.5 Å². The first-order valence-electron chi connectivity index (χ1n) is 9.04. The fourth-order valence-corrected chi connectivity index (χ4v) is 2.94. The fraction of sp³-hybridized carbons (Fsp3) is 0.273. The molecular formula is C22H24O6. The predicted octanol–water partition coefficient (Wildman–Crippen LogP) is 5.37. The maximum absolute atomic E-state index is 12.1. The van der Waals surface area contributed by atoms with E-state index in [2.05, 4.69) is 13.2 Å². The highest BCUT2D eigenvalue weighted by molar-refractivity contribution is 5.98. The summed E-state index contributed by atoms with van der Waals surface area (Å²) in [7, 11) is 0. The Morgan fingerprint density at radius 1 is 0.821 bits per heavy atom. The molecule has 2 aromatic carbocycles. The molecule has 0 radical (unpaired) electrons. The summed E-state index contributed by atoms with van der Waals surface area (Å²) in [6.45, 7) is 11.0. The number of carbonyl (C=O) groups excluding carboxylic acids is 2. The van der Waals surface area contributed by atoms with Gasteiger partial charge in [0.25, 0.3) is 0 Å². The number of rotatable bonds is 8. The molecule has 148 valence electrons. The molecule has 0 aromatic heterocycles. The third kappa shape index (κ3) is 4.71. The van der Waals surface area contributed by atoms with Gasteiger partial charge >= 0.3 is 12.3 Å². The maximum atomic E-state index is 12.1. The summed E-state index contributed by atoms with van der Waals surface area (Å²) in [5.41, 5.74) is 1.53. The van der Waals surface area contributed by atoms with Crippen LogP contribution in [0, 0.1) is 0 Å².